The van der Waals surface area contributed by atoms with Gasteiger partial charge in [0.2, 0.25) is 11.8 Å². The van der Waals surface area contributed by atoms with Crippen LogP contribution in [0.15, 0.2) is 29.2 Å². The lowest BCUT2D eigenvalue weighted by atomic mass is 10.0. The van der Waals surface area contributed by atoms with Crippen molar-refractivity contribution in [1.29, 1.82) is 0 Å². The average molecular weight is 339 g/mol. The molecule has 1 aromatic rings. The summed E-state index contributed by atoms with van der Waals surface area (Å²) in [6, 6.07) is 5.68. The van der Waals surface area contributed by atoms with Crippen LogP contribution in [0.2, 0.25) is 0 Å². The van der Waals surface area contributed by atoms with E-state index in [9.17, 15) is 18.0 Å². The Bertz CT molecular complexity index is 709. The van der Waals surface area contributed by atoms with Crippen molar-refractivity contribution >= 4 is 21.7 Å². The molecule has 8 heteroatoms. The average Bonchev–Trinajstić information content (AvgIpc) is 3.24. The van der Waals surface area contributed by atoms with Gasteiger partial charge in [-0.05, 0) is 37.0 Å². The first-order chi connectivity index (χ1) is 10.6. The minimum absolute atomic E-state index is 0.0602. The number of hydrogen-bond acceptors (Lipinski definition) is 5. The van der Waals surface area contributed by atoms with Crippen molar-refractivity contribution in [3.63, 3.8) is 0 Å². The molecule has 0 bridgehead atoms. The van der Waals surface area contributed by atoms with Crippen LogP contribution in [0, 0.1) is 0 Å². The first kappa shape index (κ1) is 17.4. The van der Waals surface area contributed by atoms with Crippen molar-refractivity contribution in [3.8, 4) is 0 Å². The number of primary amides is 1. The summed E-state index contributed by atoms with van der Waals surface area (Å²) in [6.07, 6.45) is 2.93. The highest BCUT2D eigenvalue weighted by molar-refractivity contribution is 7.90. The molecule has 2 rings (SSSR count). The van der Waals surface area contributed by atoms with Crippen LogP contribution >= 0.6 is 0 Å². The molecule has 23 heavy (non-hydrogen) atoms. The molecule has 5 N–H and O–H groups in total. The lowest BCUT2D eigenvalue weighted by Gasteiger charge is -2.21. The Kier molecular flexibility index (Phi) is 4.76. The molecular formula is C15H21N3O4S. The quantitative estimate of drug-likeness (QED) is 0.632. The van der Waals surface area contributed by atoms with Crippen LogP contribution in [0.4, 0.5) is 0 Å². The fourth-order valence-corrected chi connectivity index (χ4v) is 3.02. The van der Waals surface area contributed by atoms with Crippen LogP contribution in [-0.2, 0) is 25.0 Å². The maximum atomic E-state index is 12.1. The van der Waals surface area contributed by atoms with Crippen LogP contribution in [0.1, 0.15) is 31.2 Å². The summed E-state index contributed by atoms with van der Waals surface area (Å²) in [6.45, 7) is 0. The summed E-state index contributed by atoms with van der Waals surface area (Å²) >= 11 is 0. The zero-order chi connectivity index (χ0) is 17.3. The number of rotatable bonds is 7. The van der Waals surface area contributed by atoms with Crippen LogP contribution in [0.5, 0.6) is 0 Å². The van der Waals surface area contributed by atoms with E-state index in [0.29, 0.717) is 0 Å². The van der Waals surface area contributed by atoms with Gasteiger partial charge in [0.1, 0.15) is 0 Å². The number of hydrogen-bond donors (Lipinski definition) is 3. The second kappa shape index (κ2) is 6.29. The topological polar surface area (TPSA) is 132 Å². The maximum Gasteiger partial charge on any atom is 0.237 e. The Morgan fingerprint density at radius 1 is 1.26 bits per heavy atom. The van der Waals surface area contributed by atoms with Gasteiger partial charge in [0.15, 0.2) is 9.84 Å². The van der Waals surface area contributed by atoms with Crippen molar-refractivity contribution in [1.82, 2.24) is 5.32 Å². The molecule has 0 spiro atoms. The number of nitrogens with one attached hydrogen (secondary N) is 1. The van der Waals surface area contributed by atoms with Gasteiger partial charge in [-0.2, -0.15) is 0 Å². The monoisotopic (exact) mass is 339 g/mol. The van der Waals surface area contributed by atoms with Gasteiger partial charge >= 0.3 is 0 Å². The molecule has 0 aromatic heterocycles. The normalized spacial score (nSPS) is 17.3. The van der Waals surface area contributed by atoms with Gasteiger partial charge in [-0.15, -0.1) is 0 Å². The second-order valence-corrected chi connectivity index (χ2v) is 8.00. The molecular weight excluding hydrogens is 318 g/mol. The Morgan fingerprint density at radius 3 is 2.26 bits per heavy atom. The van der Waals surface area contributed by atoms with Crippen LogP contribution in [-0.4, -0.2) is 32.5 Å². The van der Waals surface area contributed by atoms with Crippen molar-refractivity contribution in [2.45, 2.75) is 42.2 Å². The third-order valence-corrected chi connectivity index (χ3v) is 5.11. The predicted octanol–water partition coefficient (Wildman–Crippen LogP) is -0.212. The van der Waals surface area contributed by atoms with Gasteiger partial charge in [0.25, 0.3) is 0 Å². The molecule has 1 unspecified atom stereocenters. The molecule has 2 amide bonds. The standard InChI is InChI=1S/C15H21N3O4S/c1-23(21,22)11-4-2-10(3-5-11)15(8-9-15)18-14(20)12(16)6-7-13(17)19/h2-5,12H,6-9,16H2,1H3,(H2,17,19)(H,18,20). The summed E-state index contributed by atoms with van der Waals surface area (Å²) < 4.78 is 23.0. The largest absolute Gasteiger partial charge is 0.370 e. The summed E-state index contributed by atoms with van der Waals surface area (Å²) in [5.41, 5.74) is 11.2. The molecule has 1 fully saturated rings. The fourth-order valence-electron chi connectivity index (χ4n) is 2.39. The zero-order valence-electron chi connectivity index (χ0n) is 12.9. The molecule has 7 nitrogen and oxygen atoms in total. The number of carbonyl (C=O) groups is 2. The molecule has 1 aliphatic rings. The minimum Gasteiger partial charge on any atom is -0.370 e. The summed E-state index contributed by atoms with van der Waals surface area (Å²) in [5.74, 6) is -0.832. The van der Waals surface area contributed by atoms with E-state index in [1.54, 1.807) is 12.1 Å². The minimum atomic E-state index is -3.25. The lowest BCUT2D eigenvalue weighted by molar-refractivity contribution is -0.123. The van der Waals surface area contributed by atoms with Crippen molar-refractivity contribution in [2.75, 3.05) is 6.26 Å². The Labute approximate surface area is 135 Å². The Balaban J connectivity index is 2.05. The van der Waals surface area contributed by atoms with E-state index in [2.05, 4.69) is 5.32 Å². The van der Waals surface area contributed by atoms with Gasteiger partial charge in [0.05, 0.1) is 16.5 Å². The zero-order valence-corrected chi connectivity index (χ0v) is 13.7. The van der Waals surface area contributed by atoms with Gasteiger partial charge < -0.3 is 16.8 Å². The number of carbonyl (C=O) groups excluding carboxylic acids is 2. The van der Waals surface area contributed by atoms with Crippen LogP contribution < -0.4 is 16.8 Å². The molecule has 0 saturated heterocycles. The SMILES string of the molecule is CS(=O)(=O)c1ccc(C2(NC(=O)C(N)CCC(N)=O)CC2)cc1. The van der Waals surface area contributed by atoms with Crippen molar-refractivity contribution in [3.05, 3.63) is 29.8 Å². The number of amides is 2. The van der Waals surface area contributed by atoms with Gasteiger partial charge in [-0.3, -0.25) is 9.59 Å². The maximum absolute atomic E-state index is 12.1. The molecule has 1 aliphatic carbocycles. The Morgan fingerprint density at radius 2 is 1.83 bits per heavy atom. The highest BCUT2D eigenvalue weighted by Gasteiger charge is 2.46. The van der Waals surface area contributed by atoms with Gasteiger partial charge in [-0.25, -0.2) is 8.42 Å². The van der Waals surface area contributed by atoms with Crippen molar-refractivity contribution in [2.24, 2.45) is 11.5 Å². The third kappa shape index (κ3) is 4.29. The van der Waals surface area contributed by atoms with Crippen LogP contribution in [0.3, 0.4) is 0 Å². The van der Waals surface area contributed by atoms with Gasteiger partial charge in [0, 0.05) is 12.7 Å². The third-order valence-electron chi connectivity index (χ3n) is 3.99. The van der Waals surface area contributed by atoms with E-state index in [1.807, 2.05) is 0 Å². The molecule has 1 saturated carbocycles. The molecule has 0 heterocycles. The number of benzene rings is 1. The van der Waals surface area contributed by atoms with E-state index in [-0.39, 0.29) is 23.6 Å². The molecule has 0 radical (unpaired) electrons. The Hall–Kier alpha value is -1.93. The van der Waals surface area contributed by atoms with Crippen LogP contribution in [0.25, 0.3) is 0 Å². The van der Waals surface area contributed by atoms with Crippen molar-refractivity contribution < 1.29 is 18.0 Å². The lowest BCUT2D eigenvalue weighted by Crippen LogP contribution is -2.45. The van der Waals surface area contributed by atoms with E-state index < -0.39 is 27.3 Å². The highest BCUT2D eigenvalue weighted by Crippen LogP contribution is 2.45. The van der Waals surface area contributed by atoms with E-state index in [4.69, 9.17) is 11.5 Å². The molecule has 0 aliphatic heterocycles. The van der Waals surface area contributed by atoms with E-state index in [0.717, 1.165) is 24.7 Å². The highest BCUT2D eigenvalue weighted by atomic mass is 32.2. The number of nitrogens with two attached hydrogens (primary N) is 2. The summed E-state index contributed by atoms with van der Waals surface area (Å²) in [7, 11) is -3.25. The molecule has 1 aromatic carbocycles. The fraction of sp³-hybridized carbons (Fsp3) is 0.467. The first-order valence-electron chi connectivity index (χ1n) is 7.30. The van der Waals surface area contributed by atoms with Gasteiger partial charge in [-0.1, -0.05) is 12.1 Å². The smallest absolute Gasteiger partial charge is 0.237 e. The number of sulfone groups is 1. The molecule has 1 atom stereocenters. The molecule has 126 valence electrons. The predicted molar refractivity (Wildman–Crippen MR) is 85.0 cm³/mol. The first-order valence-corrected chi connectivity index (χ1v) is 9.20. The van der Waals surface area contributed by atoms with E-state index in [1.165, 1.54) is 12.1 Å². The van der Waals surface area contributed by atoms with E-state index >= 15 is 0 Å². The second-order valence-electron chi connectivity index (χ2n) is 5.98. The summed E-state index contributed by atoms with van der Waals surface area (Å²) in [4.78, 5) is 23.1. The summed E-state index contributed by atoms with van der Waals surface area (Å²) in [5, 5.41) is 2.90.